The average molecular weight is 313 g/mol. The highest BCUT2D eigenvalue weighted by Crippen LogP contribution is 2.25. The molecule has 114 valence electrons. The number of halogens is 4. The van der Waals surface area contributed by atoms with E-state index in [-0.39, 0.29) is 18.3 Å². The van der Waals surface area contributed by atoms with Gasteiger partial charge in [-0.2, -0.15) is 18.2 Å². The summed E-state index contributed by atoms with van der Waals surface area (Å²) < 4.78 is 55.9. The number of nitrogens with zero attached hydrogens (tertiary/aromatic N) is 5. The maximum atomic E-state index is 12.8. The van der Waals surface area contributed by atoms with Crippen LogP contribution in [0.4, 0.5) is 17.6 Å². The van der Waals surface area contributed by atoms with Crippen molar-refractivity contribution in [1.82, 2.24) is 24.9 Å². The molecule has 0 atom stereocenters. The first-order chi connectivity index (χ1) is 10.4. The Balaban J connectivity index is 1.77. The van der Waals surface area contributed by atoms with Crippen LogP contribution in [0.5, 0.6) is 0 Å². The van der Waals surface area contributed by atoms with Crippen LogP contribution in [0.1, 0.15) is 11.6 Å². The summed E-state index contributed by atoms with van der Waals surface area (Å²) in [4.78, 5) is 7.16. The van der Waals surface area contributed by atoms with E-state index < -0.39 is 17.8 Å². The van der Waals surface area contributed by atoms with Crippen LogP contribution in [0, 0.1) is 5.82 Å². The van der Waals surface area contributed by atoms with Crippen molar-refractivity contribution in [3.63, 3.8) is 0 Å². The molecule has 0 saturated carbocycles. The van der Waals surface area contributed by atoms with Crippen LogP contribution >= 0.6 is 0 Å². The molecule has 0 aliphatic rings. The topological polar surface area (TPSA) is 69.6 Å². The number of alkyl halides is 3. The highest BCUT2D eigenvalue weighted by atomic mass is 19.4. The van der Waals surface area contributed by atoms with Gasteiger partial charge >= 0.3 is 6.18 Å². The fourth-order valence-electron chi connectivity index (χ4n) is 1.67. The molecule has 0 aliphatic heterocycles. The van der Waals surface area contributed by atoms with Gasteiger partial charge in [-0.15, -0.1) is 5.10 Å². The molecule has 1 aromatic carbocycles. The zero-order valence-electron chi connectivity index (χ0n) is 10.8. The Labute approximate surface area is 120 Å². The monoisotopic (exact) mass is 313 g/mol. The van der Waals surface area contributed by atoms with E-state index in [0.717, 1.165) is 11.0 Å². The smallest absolute Gasteiger partial charge is 0.334 e. The highest BCUT2D eigenvalue weighted by molar-refractivity contribution is 5.52. The van der Waals surface area contributed by atoms with Crippen molar-refractivity contribution in [1.29, 1.82) is 0 Å². The molecular weight excluding hydrogens is 306 g/mol. The first-order valence-electron chi connectivity index (χ1n) is 5.97. The molecule has 3 aromatic rings. The molecule has 0 amide bonds. The zero-order valence-corrected chi connectivity index (χ0v) is 10.8. The van der Waals surface area contributed by atoms with Crippen molar-refractivity contribution in [3.05, 3.63) is 48.1 Å². The van der Waals surface area contributed by atoms with Crippen LogP contribution < -0.4 is 0 Å². The van der Waals surface area contributed by atoms with Crippen LogP contribution in [0.3, 0.4) is 0 Å². The molecule has 2 aromatic heterocycles. The fraction of sp³-hybridized carbons (Fsp3) is 0.167. The minimum absolute atomic E-state index is 0.123. The third kappa shape index (κ3) is 2.95. The van der Waals surface area contributed by atoms with Gasteiger partial charge < -0.3 is 4.52 Å². The predicted octanol–water partition coefficient (Wildman–Crippen LogP) is 2.53. The van der Waals surface area contributed by atoms with Gasteiger partial charge in [0, 0.05) is 5.56 Å². The lowest BCUT2D eigenvalue weighted by Crippen LogP contribution is -2.09. The van der Waals surface area contributed by atoms with Gasteiger partial charge in [0.15, 0.2) is 5.82 Å². The first-order valence-corrected chi connectivity index (χ1v) is 5.97. The number of hydrogen-bond donors (Lipinski definition) is 0. The second kappa shape index (κ2) is 5.20. The van der Waals surface area contributed by atoms with Crippen LogP contribution in [0.15, 0.2) is 35.1 Å². The molecule has 0 saturated heterocycles. The van der Waals surface area contributed by atoms with Crippen molar-refractivity contribution >= 4 is 0 Å². The van der Waals surface area contributed by atoms with Gasteiger partial charge in [0.2, 0.25) is 0 Å². The van der Waals surface area contributed by atoms with Gasteiger partial charge in [-0.25, -0.2) is 14.1 Å². The predicted molar refractivity (Wildman–Crippen MR) is 63.8 cm³/mol. The Morgan fingerprint density at radius 2 is 1.86 bits per heavy atom. The van der Waals surface area contributed by atoms with Crippen molar-refractivity contribution in [2.75, 3.05) is 0 Å². The summed E-state index contributed by atoms with van der Waals surface area (Å²) in [6.07, 6.45) is -3.68. The minimum Gasteiger partial charge on any atom is -0.334 e. The summed E-state index contributed by atoms with van der Waals surface area (Å²) >= 11 is 0. The maximum absolute atomic E-state index is 12.8. The summed E-state index contributed by atoms with van der Waals surface area (Å²) in [7, 11) is 0. The SMILES string of the molecule is Fc1ccc(-c2nc(Cn3cnc(C(F)(F)F)n3)no2)cc1. The summed E-state index contributed by atoms with van der Waals surface area (Å²) in [6, 6.07) is 5.35. The van der Waals surface area contributed by atoms with E-state index in [0.29, 0.717) is 5.56 Å². The molecule has 22 heavy (non-hydrogen) atoms. The van der Waals surface area contributed by atoms with Crippen LogP contribution in [0.25, 0.3) is 11.5 Å². The second-order valence-electron chi connectivity index (χ2n) is 4.29. The Hall–Kier alpha value is -2.78. The molecule has 10 heteroatoms. The van der Waals surface area contributed by atoms with E-state index >= 15 is 0 Å². The van der Waals surface area contributed by atoms with Crippen LogP contribution in [0.2, 0.25) is 0 Å². The van der Waals surface area contributed by atoms with Crippen LogP contribution in [-0.4, -0.2) is 24.9 Å². The quantitative estimate of drug-likeness (QED) is 0.695. The number of hydrogen-bond acceptors (Lipinski definition) is 5. The molecule has 6 nitrogen and oxygen atoms in total. The lowest BCUT2D eigenvalue weighted by Gasteiger charge is -1.98. The van der Waals surface area contributed by atoms with Crippen molar-refractivity contribution < 1.29 is 22.1 Å². The molecule has 0 bridgehead atoms. The van der Waals surface area contributed by atoms with Crippen molar-refractivity contribution in [2.24, 2.45) is 0 Å². The maximum Gasteiger partial charge on any atom is 0.453 e. The van der Waals surface area contributed by atoms with E-state index in [2.05, 4.69) is 20.2 Å². The minimum atomic E-state index is -4.61. The standard InChI is InChI=1S/C12H7F4N5O/c13-8-3-1-7(2-4-8)10-18-9(20-22-10)5-21-6-17-11(19-21)12(14,15)16/h1-4,6H,5H2. The average Bonchev–Trinajstić information content (AvgIpc) is 3.09. The number of rotatable bonds is 3. The summed E-state index contributed by atoms with van der Waals surface area (Å²) in [5.74, 6) is -1.40. The molecule has 0 aliphatic carbocycles. The lowest BCUT2D eigenvalue weighted by molar-refractivity contribution is -0.145. The van der Waals surface area contributed by atoms with E-state index in [1.165, 1.54) is 24.3 Å². The third-order valence-corrected chi connectivity index (χ3v) is 2.65. The molecule has 2 heterocycles. The Kier molecular flexibility index (Phi) is 3.35. The van der Waals surface area contributed by atoms with Gasteiger partial charge in [-0.1, -0.05) is 5.16 Å². The van der Waals surface area contributed by atoms with Crippen molar-refractivity contribution in [3.8, 4) is 11.5 Å². The summed E-state index contributed by atoms with van der Waals surface area (Å²) in [5, 5.41) is 6.91. The van der Waals surface area contributed by atoms with Gasteiger partial charge in [0.25, 0.3) is 11.7 Å². The molecular formula is C12H7F4N5O. The van der Waals surface area contributed by atoms with Gasteiger partial charge in [0.1, 0.15) is 18.7 Å². The normalized spacial score (nSPS) is 11.8. The lowest BCUT2D eigenvalue weighted by atomic mass is 10.2. The second-order valence-corrected chi connectivity index (χ2v) is 4.29. The van der Waals surface area contributed by atoms with E-state index in [9.17, 15) is 17.6 Å². The van der Waals surface area contributed by atoms with Gasteiger partial charge in [-0.05, 0) is 24.3 Å². The Morgan fingerprint density at radius 1 is 1.14 bits per heavy atom. The van der Waals surface area contributed by atoms with Crippen molar-refractivity contribution in [2.45, 2.75) is 12.7 Å². The first kappa shape index (κ1) is 14.2. The Bertz CT molecular complexity index is 777. The molecule has 0 N–H and O–H groups in total. The fourth-order valence-corrected chi connectivity index (χ4v) is 1.67. The molecule has 0 unspecified atom stereocenters. The number of benzene rings is 1. The zero-order chi connectivity index (χ0) is 15.7. The van der Waals surface area contributed by atoms with E-state index in [1.54, 1.807) is 0 Å². The highest BCUT2D eigenvalue weighted by Gasteiger charge is 2.35. The molecule has 0 radical (unpaired) electrons. The summed E-state index contributed by atoms with van der Waals surface area (Å²) in [6.45, 7) is -0.131. The van der Waals surface area contributed by atoms with Crippen LogP contribution in [-0.2, 0) is 12.7 Å². The largest absolute Gasteiger partial charge is 0.453 e. The summed E-state index contributed by atoms with van der Waals surface area (Å²) in [5.41, 5.74) is 0.495. The number of aromatic nitrogens is 5. The molecule has 0 spiro atoms. The van der Waals surface area contributed by atoms with E-state index in [1.807, 2.05) is 0 Å². The Morgan fingerprint density at radius 3 is 2.50 bits per heavy atom. The molecule has 3 rings (SSSR count). The van der Waals surface area contributed by atoms with Gasteiger partial charge in [-0.3, -0.25) is 0 Å². The van der Waals surface area contributed by atoms with Gasteiger partial charge in [0.05, 0.1) is 0 Å². The molecule has 0 fully saturated rings. The van der Waals surface area contributed by atoms with E-state index in [4.69, 9.17) is 4.52 Å². The third-order valence-electron chi connectivity index (χ3n) is 2.65.